The smallest absolute Gasteiger partial charge is 0.188 e. The molecule has 0 bridgehead atoms. The quantitative estimate of drug-likeness (QED) is 0.707. The zero-order valence-electron chi connectivity index (χ0n) is 13.8. The van der Waals surface area contributed by atoms with E-state index in [9.17, 15) is 0 Å². The summed E-state index contributed by atoms with van der Waals surface area (Å²) in [5.41, 5.74) is 3.19. The van der Waals surface area contributed by atoms with Crippen LogP contribution in [0.1, 0.15) is 19.8 Å². The maximum Gasteiger partial charge on any atom is 0.188 e. The Kier molecular flexibility index (Phi) is 4.26. The van der Waals surface area contributed by atoms with Gasteiger partial charge >= 0.3 is 0 Å². The van der Waals surface area contributed by atoms with E-state index in [1.165, 1.54) is 18.5 Å². The van der Waals surface area contributed by atoms with E-state index >= 15 is 0 Å². The van der Waals surface area contributed by atoms with Crippen LogP contribution in [0.5, 0.6) is 5.75 Å². The molecule has 0 amide bonds. The van der Waals surface area contributed by atoms with E-state index in [1.54, 1.807) is 11.3 Å². The molecule has 2 aromatic carbocycles. The minimum Gasteiger partial charge on any atom is -0.489 e. The number of nitrogens with one attached hydrogen (secondary N) is 1. The van der Waals surface area contributed by atoms with Crippen molar-refractivity contribution in [3.63, 3.8) is 0 Å². The van der Waals surface area contributed by atoms with E-state index in [1.807, 2.05) is 37.3 Å². The molecule has 1 N–H and O–H groups in total. The molecule has 1 saturated heterocycles. The van der Waals surface area contributed by atoms with Gasteiger partial charge in [0.05, 0.1) is 17.0 Å². The fraction of sp³-hybridized carbons (Fsp3) is 0.316. The lowest BCUT2D eigenvalue weighted by Crippen LogP contribution is -2.18. The molecule has 1 fully saturated rings. The van der Waals surface area contributed by atoms with Crippen molar-refractivity contribution in [2.45, 2.75) is 19.8 Å². The van der Waals surface area contributed by atoms with E-state index < -0.39 is 0 Å². The number of anilines is 3. The number of hydrogen-bond donors (Lipinski definition) is 1. The van der Waals surface area contributed by atoms with Crippen LogP contribution in [0.2, 0.25) is 0 Å². The lowest BCUT2D eigenvalue weighted by Gasteiger charge is -2.21. The first kappa shape index (κ1) is 15.3. The zero-order chi connectivity index (χ0) is 16.4. The standard InChI is InChI=1S/C19H21N3OS/c1-2-23-18-15(22-12-6-7-13-22)10-11-16-17(18)21-19(24-16)20-14-8-4-3-5-9-14/h3-5,8-11H,2,6-7,12-13H2,1H3,(H,20,21). The third-order valence-electron chi connectivity index (χ3n) is 4.25. The lowest BCUT2D eigenvalue weighted by atomic mass is 10.2. The molecule has 1 aliphatic rings. The summed E-state index contributed by atoms with van der Waals surface area (Å²) in [5.74, 6) is 0.925. The van der Waals surface area contributed by atoms with Gasteiger partial charge in [0.2, 0.25) is 0 Å². The van der Waals surface area contributed by atoms with Gasteiger partial charge in [0, 0.05) is 18.8 Å². The zero-order valence-corrected chi connectivity index (χ0v) is 14.6. The van der Waals surface area contributed by atoms with Gasteiger partial charge in [-0.3, -0.25) is 0 Å². The van der Waals surface area contributed by atoms with Crippen LogP contribution in [-0.4, -0.2) is 24.7 Å². The summed E-state index contributed by atoms with van der Waals surface area (Å²) in [6.45, 7) is 4.89. The first-order valence-corrected chi connectivity index (χ1v) is 9.30. The number of hydrogen-bond acceptors (Lipinski definition) is 5. The number of para-hydroxylation sites is 1. The highest BCUT2D eigenvalue weighted by atomic mass is 32.1. The third-order valence-corrected chi connectivity index (χ3v) is 5.19. The Morgan fingerprint density at radius 1 is 1.12 bits per heavy atom. The van der Waals surface area contributed by atoms with Gasteiger partial charge in [-0.25, -0.2) is 4.98 Å². The average molecular weight is 339 g/mol. The first-order chi connectivity index (χ1) is 11.8. The molecule has 2 heterocycles. The van der Waals surface area contributed by atoms with Gasteiger partial charge in [-0.1, -0.05) is 29.5 Å². The van der Waals surface area contributed by atoms with Gasteiger partial charge in [-0.15, -0.1) is 0 Å². The van der Waals surface area contributed by atoms with Crippen molar-refractivity contribution in [1.29, 1.82) is 0 Å². The molecule has 5 heteroatoms. The topological polar surface area (TPSA) is 37.4 Å². The van der Waals surface area contributed by atoms with Crippen molar-refractivity contribution in [2.75, 3.05) is 29.9 Å². The molecule has 124 valence electrons. The molecule has 0 radical (unpaired) electrons. The van der Waals surface area contributed by atoms with E-state index in [-0.39, 0.29) is 0 Å². The van der Waals surface area contributed by atoms with Crippen molar-refractivity contribution >= 4 is 38.1 Å². The summed E-state index contributed by atoms with van der Waals surface area (Å²) in [6, 6.07) is 14.5. The second kappa shape index (κ2) is 6.69. The number of nitrogens with zero attached hydrogens (tertiary/aromatic N) is 2. The van der Waals surface area contributed by atoms with Gasteiger partial charge in [0.25, 0.3) is 0 Å². The molecule has 0 saturated carbocycles. The van der Waals surface area contributed by atoms with Gasteiger partial charge in [0.15, 0.2) is 10.9 Å². The highest BCUT2D eigenvalue weighted by Crippen LogP contribution is 2.41. The van der Waals surface area contributed by atoms with Crippen LogP contribution in [0.15, 0.2) is 42.5 Å². The first-order valence-electron chi connectivity index (χ1n) is 8.48. The Balaban J connectivity index is 1.73. The van der Waals surface area contributed by atoms with Crippen molar-refractivity contribution in [1.82, 2.24) is 4.98 Å². The van der Waals surface area contributed by atoms with Crippen molar-refractivity contribution in [3.05, 3.63) is 42.5 Å². The molecule has 1 aliphatic heterocycles. The van der Waals surface area contributed by atoms with Crippen LogP contribution < -0.4 is 15.0 Å². The average Bonchev–Trinajstić information content (AvgIpc) is 3.25. The van der Waals surface area contributed by atoms with E-state index in [0.717, 1.165) is 39.9 Å². The molecule has 0 spiro atoms. The van der Waals surface area contributed by atoms with Crippen molar-refractivity contribution < 1.29 is 4.74 Å². The van der Waals surface area contributed by atoms with Crippen LogP contribution in [0.25, 0.3) is 10.2 Å². The molecule has 0 aliphatic carbocycles. The molecule has 0 unspecified atom stereocenters. The number of aromatic nitrogens is 1. The molecule has 1 aromatic heterocycles. The number of benzene rings is 2. The number of thiazole rings is 1. The summed E-state index contributed by atoms with van der Waals surface area (Å²) in [5, 5.41) is 4.29. The highest BCUT2D eigenvalue weighted by molar-refractivity contribution is 7.22. The lowest BCUT2D eigenvalue weighted by molar-refractivity contribution is 0.344. The Bertz CT molecular complexity index is 825. The largest absolute Gasteiger partial charge is 0.489 e. The summed E-state index contributed by atoms with van der Waals surface area (Å²) in [6.07, 6.45) is 2.50. The fourth-order valence-electron chi connectivity index (χ4n) is 3.15. The molecular formula is C19H21N3OS. The second-order valence-corrected chi connectivity index (χ2v) is 6.93. The Labute approximate surface area is 146 Å². The fourth-order valence-corrected chi connectivity index (χ4v) is 4.04. The molecule has 3 aromatic rings. The van der Waals surface area contributed by atoms with Crippen LogP contribution >= 0.6 is 11.3 Å². The van der Waals surface area contributed by atoms with Gasteiger partial charge in [0.1, 0.15) is 5.52 Å². The van der Waals surface area contributed by atoms with Gasteiger partial charge in [-0.2, -0.15) is 0 Å². The molecule has 4 nitrogen and oxygen atoms in total. The number of rotatable bonds is 5. The summed E-state index contributed by atoms with van der Waals surface area (Å²) in [7, 11) is 0. The van der Waals surface area contributed by atoms with E-state index in [4.69, 9.17) is 9.72 Å². The molecule has 4 rings (SSSR count). The SMILES string of the molecule is CCOc1c(N2CCCC2)ccc2sc(Nc3ccccc3)nc12. The predicted octanol–water partition coefficient (Wildman–Crippen LogP) is 5.04. The van der Waals surface area contributed by atoms with Crippen LogP contribution in [0.4, 0.5) is 16.5 Å². The van der Waals surface area contributed by atoms with Crippen molar-refractivity contribution in [3.8, 4) is 5.75 Å². The van der Waals surface area contributed by atoms with Crippen LogP contribution in [-0.2, 0) is 0 Å². The third kappa shape index (κ3) is 2.91. The Morgan fingerprint density at radius 2 is 1.92 bits per heavy atom. The molecule has 24 heavy (non-hydrogen) atoms. The minimum atomic E-state index is 0.652. The number of fused-ring (bicyclic) bond motifs is 1. The normalized spacial score (nSPS) is 14.3. The highest BCUT2D eigenvalue weighted by Gasteiger charge is 2.20. The maximum absolute atomic E-state index is 6.00. The summed E-state index contributed by atoms with van der Waals surface area (Å²) < 4.78 is 7.15. The van der Waals surface area contributed by atoms with Crippen molar-refractivity contribution in [2.24, 2.45) is 0 Å². The Hall–Kier alpha value is -2.27. The minimum absolute atomic E-state index is 0.652. The van der Waals surface area contributed by atoms with Crippen LogP contribution in [0.3, 0.4) is 0 Å². The second-order valence-electron chi connectivity index (χ2n) is 5.90. The summed E-state index contributed by atoms with van der Waals surface area (Å²) >= 11 is 1.66. The van der Waals surface area contributed by atoms with Crippen LogP contribution in [0, 0.1) is 0 Å². The maximum atomic E-state index is 6.00. The Morgan fingerprint density at radius 3 is 2.67 bits per heavy atom. The molecular weight excluding hydrogens is 318 g/mol. The number of ether oxygens (including phenoxy) is 1. The van der Waals surface area contributed by atoms with E-state index in [2.05, 4.69) is 22.3 Å². The predicted molar refractivity (Wildman–Crippen MR) is 102 cm³/mol. The molecule has 0 atom stereocenters. The monoisotopic (exact) mass is 339 g/mol. The van der Waals surface area contributed by atoms with E-state index in [0.29, 0.717) is 6.61 Å². The summed E-state index contributed by atoms with van der Waals surface area (Å²) in [4.78, 5) is 7.23. The van der Waals surface area contributed by atoms with Gasteiger partial charge in [-0.05, 0) is 44.0 Å². The van der Waals surface area contributed by atoms with Gasteiger partial charge < -0.3 is 15.0 Å².